The summed E-state index contributed by atoms with van der Waals surface area (Å²) in [5.74, 6) is -0.908. The van der Waals surface area contributed by atoms with E-state index in [1.165, 1.54) is 0 Å². The van der Waals surface area contributed by atoms with Crippen molar-refractivity contribution >= 4 is 16.9 Å². The average Bonchev–Trinajstić information content (AvgIpc) is 2.56. The zero-order valence-corrected chi connectivity index (χ0v) is 9.23. The molecule has 1 N–H and O–H groups in total. The van der Waals surface area contributed by atoms with E-state index in [-0.39, 0.29) is 0 Å². The van der Waals surface area contributed by atoms with Gasteiger partial charge in [-0.3, -0.25) is 0 Å². The number of hydrogen-bond donors (Lipinski definition) is 1. The molecule has 4 nitrogen and oxygen atoms in total. The summed E-state index contributed by atoms with van der Waals surface area (Å²) in [6, 6.07) is 5.12. The molecular weight excluding hydrogens is 206 g/mol. The Kier molecular flexibility index (Phi) is 2.66. The fourth-order valence-corrected chi connectivity index (χ4v) is 1.88. The van der Waals surface area contributed by atoms with Crippen molar-refractivity contribution in [2.75, 3.05) is 7.11 Å². The first-order valence-corrected chi connectivity index (χ1v) is 4.93. The first-order chi connectivity index (χ1) is 7.63. The van der Waals surface area contributed by atoms with Crippen LogP contribution in [0, 0.1) is 0 Å². The molecule has 0 saturated heterocycles. The number of nitrogens with zero attached hydrogens (tertiary/aromatic N) is 1. The minimum Gasteiger partial charge on any atom is -0.478 e. The van der Waals surface area contributed by atoms with Crippen molar-refractivity contribution in [2.45, 2.75) is 6.61 Å². The minimum atomic E-state index is -0.908. The first-order valence-electron chi connectivity index (χ1n) is 4.93. The van der Waals surface area contributed by atoms with E-state index in [4.69, 9.17) is 9.84 Å². The van der Waals surface area contributed by atoms with E-state index in [9.17, 15) is 4.79 Å². The first kappa shape index (κ1) is 10.7. The molecule has 1 aromatic heterocycles. The molecule has 0 fully saturated rings. The lowest BCUT2D eigenvalue weighted by Gasteiger charge is -1.99. The van der Waals surface area contributed by atoms with Crippen LogP contribution in [0.1, 0.15) is 15.9 Å². The van der Waals surface area contributed by atoms with Crippen LogP contribution in [0.5, 0.6) is 0 Å². The topological polar surface area (TPSA) is 51.5 Å². The fourth-order valence-electron chi connectivity index (χ4n) is 1.88. The number of ether oxygens (including phenoxy) is 1. The highest BCUT2D eigenvalue weighted by molar-refractivity contribution is 5.94. The highest BCUT2D eigenvalue weighted by Gasteiger charge is 2.09. The Morgan fingerprint density at radius 1 is 1.50 bits per heavy atom. The van der Waals surface area contributed by atoms with Gasteiger partial charge in [0.25, 0.3) is 0 Å². The van der Waals surface area contributed by atoms with Crippen molar-refractivity contribution in [3.63, 3.8) is 0 Å². The van der Waals surface area contributed by atoms with Crippen LogP contribution >= 0.6 is 0 Å². The van der Waals surface area contributed by atoms with Gasteiger partial charge in [0.1, 0.15) is 0 Å². The zero-order chi connectivity index (χ0) is 11.7. The molecule has 2 rings (SSSR count). The molecule has 1 heterocycles. The summed E-state index contributed by atoms with van der Waals surface area (Å²) in [7, 11) is 3.56. The smallest absolute Gasteiger partial charge is 0.335 e. The van der Waals surface area contributed by atoms with Gasteiger partial charge in [-0.05, 0) is 18.2 Å². The van der Waals surface area contributed by atoms with E-state index in [0.717, 1.165) is 16.5 Å². The van der Waals surface area contributed by atoms with Crippen LogP contribution in [0.25, 0.3) is 10.9 Å². The third-order valence-corrected chi connectivity index (χ3v) is 2.62. The Bertz CT molecular complexity index is 542. The second kappa shape index (κ2) is 3.98. The molecule has 0 radical (unpaired) electrons. The van der Waals surface area contributed by atoms with Crippen LogP contribution in [0.4, 0.5) is 0 Å². The third-order valence-electron chi connectivity index (χ3n) is 2.62. The van der Waals surface area contributed by atoms with Crippen molar-refractivity contribution in [2.24, 2.45) is 7.05 Å². The molecular formula is C12H13NO3. The van der Waals surface area contributed by atoms with Crippen molar-refractivity contribution in [1.29, 1.82) is 0 Å². The van der Waals surface area contributed by atoms with Gasteiger partial charge in [-0.25, -0.2) is 4.79 Å². The second-order valence-electron chi connectivity index (χ2n) is 3.74. The number of aromatic carboxylic acids is 1. The number of aromatic nitrogens is 1. The highest BCUT2D eigenvalue weighted by atomic mass is 16.5. The number of aryl methyl sites for hydroxylation is 1. The molecule has 1 aromatic carbocycles. The molecule has 0 aliphatic carbocycles. The molecule has 0 spiro atoms. The molecule has 0 atom stereocenters. The molecule has 2 aromatic rings. The Balaban J connectivity index is 2.64. The fraction of sp³-hybridized carbons (Fsp3) is 0.250. The standard InChI is InChI=1S/C12H13NO3/c1-13-6-9(7-16-2)10-5-8(12(14)15)3-4-11(10)13/h3-6H,7H2,1-2H3,(H,14,15). The molecule has 0 saturated carbocycles. The minimum absolute atomic E-state index is 0.302. The van der Waals surface area contributed by atoms with E-state index >= 15 is 0 Å². The molecule has 0 bridgehead atoms. The van der Waals surface area contributed by atoms with Crippen LogP contribution in [0.15, 0.2) is 24.4 Å². The quantitative estimate of drug-likeness (QED) is 0.859. The van der Waals surface area contributed by atoms with Gasteiger partial charge < -0.3 is 14.4 Å². The molecule has 0 aliphatic rings. The van der Waals surface area contributed by atoms with Gasteiger partial charge in [0.05, 0.1) is 12.2 Å². The number of fused-ring (bicyclic) bond motifs is 1. The Morgan fingerprint density at radius 2 is 2.25 bits per heavy atom. The van der Waals surface area contributed by atoms with Gasteiger partial charge in [0.2, 0.25) is 0 Å². The maximum atomic E-state index is 10.9. The lowest BCUT2D eigenvalue weighted by atomic mass is 10.1. The van der Waals surface area contributed by atoms with Crippen molar-refractivity contribution in [3.05, 3.63) is 35.5 Å². The van der Waals surface area contributed by atoms with Gasteiger partial charge >= 0.3 is 5.97 Å². The zero-order valence-electron chi connectivity index (χ0n) is 9.23. The van der Waals surface area contributed by atoms with Gasteiger partial charge in [-0.2, -0.15) is 0 Å². The summed E-state index contributed by atoms with van der Waals surface area (Å²) < 4.78 is 7.06. The monoisotopic (exact) mass is 219 g/mol. The van der Waals surface area contributed by atoms with Crippen molar-refractivity contribution in [3.8, 4) is 0 Å². The number of carbonyl (C=O) groups is 1. The maximum Gasteiger partial charge on any atom is 0.335 e. The SMILES string of the molecule is COCc1cn(C)c2ccc(C(=O)O)cc12. The number of benzene rings is 1. The van der Waals surface area contributed by atoms with E-state index in [1.54, 1.807) is 19.2 Å². The van der Waals surface area contributed by atoms with Crippen LogP contribution in [0.3, 0.4) is 0 Å². The predicted molar refractivity (Wildman–Crippen MR) is 60.6 cm³/mol. The number of carboxylic acids is 1. The van der Waals surface area contributed by atoms with Gasteiger partial charge in [-0.1, -0.05) is 0 Å². The predicted octanol–water partition coefficient (Wildman–Crippen LogP) is 2.02. The number of carboxylic acid groups (broad SMARTS) is 1. The lowest BCUT2D eigenvalue weighted by molar-refractivity contribution is 0.0697. The van der Waals surface area contributed by atoms with Gasteiger partial charge in [-0.15, -0.1) is 0 Å². The second-order valence-corrected chi connectivity index (χ2v) is 3.74. The third kappa shape index (κ3) is 1.67. The van der Waals surface area contributed by atoms with E-state index in [1.807, 2.05) is 23.9 Å². The summed E-state index contributed by atoms with van der Waals surface area (Å²) in [5, 5.41) is 9.87. The molecule has 0 aliphatic heterocycles. The number of hydrogen-bond acceptors (Lipinski definition) is 2. The summed E-state index contributed by atoms with van der Waals surface area (Å²) >= 11 is 0. The average molecular weight is 219 g/mol. The Labute approximate surface area is 93.1 Å². The van der Waals surface area contributed by atoms with Crippen LogP contribution < -0.4 is 0 Å². The molecule has 84 valence electrons. The molecule has 0 unspecified atom stereocenters. The van der Waals surface area contributed by atoms with Gasteiger partial charge in [0, 0.05) is 36.8 Å². The van der Waals surface area contributed by atoms with E-state index in [0.29, 0.717) is 12.2 Å². The number of methoxy groups -OCH3 is 1. The van der Waals surface area contributed by atoms with Crippen LogP contribution in [-0.2, 0) is 18.4 Å². The largest absolute Gasteiger partial charge is 0.478 e. The molecule has 0 amide bonds. The maximum absolute atomic E-state index is 10.9. The molecule has 4 heteroatoms. The van der Waals surface area contributed by atoms with E-state index in [2.05, 4.69) is 0 Å². The highest BCUT2D eigenvalue weighted by Crippen LogP contribution is 2.22. The molecule has 16 heavy (non-hydrogen) atoms. The van der Waals surface area contributed by atoms with E-state index < -0.39 is 5.97 Å². The van der Waals surface area contributed by atoms with Gasteiger partial charge in [0.15, 0.2) is 0 Å². The summed E-state index contributed by atoms with van der Waals surface area (Å²) in [5.41, 5.74) is 2.32. The summed E-state index contributed by atoms with van der Waals surface area (Å²) in [4.78, 5) is 10.9. The normalized spacial score (nSPS) is 10.9. The lowest BCUT2D eigenvalue weighted by Crippen LogP contribution is -1.95. The van der Waals surface area contributed by atoms with Crippen LogP contribution in [0.2, 0.25) is 0 Å². The van der Waals surface area contributed by atoms with Crippen LogP contribution in [-0.4, -0.2) is 22.8 Å². The summed E-state index contributed by atoms with van der Waals surface area (Å²) in [6.45, 7) is 0.487. The Hall–Kier alpha value is -1.81. The van der Waals surface area contributed by atoms with Crippen molar-refractivity contribution < 1.29 is 14.6 Å². The summed E-state index contributed by atoms with van der Waals surface area (Å²) in [6.07, 6.45) is 1.96. The number of rotatable bonds is 3. The van der Waals surface area contributed by atoms with Crippen molar-refractivity contribution in [1.82, 2.24) is 4.57 Å². The Morgan fingerprint density at radius 3 is 2.88 bits per heavy atom.